The van der Waals surface area contributed by atoms with E-state index in [4.69, 9.17) is 4.42 Å². The van der Waals surface area contributed by atoms with Gasteiger partial charge in [0.2, 0.25) is 0 Å². The third-order valence-electron chi connectivity index (χ3n) is 11.5. The second-order valence-electron chi connectivity index (χ2n) is 14.9. The van der Waals surface area contributed by atoms with Crippen molar-refractivity contribution in [2.75, 3.05) is 4.90 Å². The van der Waals surface area contributed by atoms with Crippen LogP contribution in [-0.4, -0.2) is 0 Å². The van der Waals surface area contributed by atoms with Crippen LogP contribution < -0.4 is 4.90 Å². The molecular weight excluding hydrogens is 703 g/mol. The summed E-state index contributed by atoms with van der Waals surface area (Å²) in [5.41, 5.74) is 14.4. The Morgan fingerprint density at radius 1 is 0.276 bits per heavy atom. The predicted octanol–water partition coefficient (Wildman–Crippen LogP) is 16.0. The SMILES string of the molecule is c1cc(-c2ccc3ccccc3c2)cc(N(c2ccc(-c3ccc(-c4cccc5ccccc45)cc3)cc2)c2ccc(-c3cccc4c3oc3ccccc34)cc2)c1. The van der Waals surface area contributed by atoms with Crippen LogP contribution in [0.4, 0.5) is 17.1 Å². The van der Waals surface area contributed by atoms with Gasteiger partial charge in [-0.1, -0.05) is 176 Å². The second-order valence-corrected chi connectivity index (χ2v) is 14.9. The Morgan fingerprint density at radius 3 is 1.59 bits per heavy atom. The molecule has 11 rings (SSSR count). The molecule has 2 heteroatoms. The first-order valence-electron chi connectivity index (χ1n) is 19.8. The number of hydrogen-bond donors (Lipinski definition) is 0. The normalized spacial score (nSPS) is 11.4. The molecule has 0 amide bonds. The summed E-state index contributed by atoms with van der Waals surface area (Å²) in [4.78, 5) is 2.35. The van der Waals surface area contributed by atoms with Crippen molar-refractivity contribution in [1.29, 1.82) is 0 Å². The summed E-state index contributed by atoms with van der Waals surface area (Å²) >= 11 is 0. The van der Waals surface area contributed by atoms with Crippen molar-refractivity contribution in [2.24, 2.45) is 0 Å². The lowest BCUT2D eigenvalue weighted by Crippen LogP contribution is -2.10. The van der Waals surface area contributed by atoms with Crippen molar-refractivity contribution in [1.82, 2.24) is 0 Å². The summed E-state index contributed by atoms with van der Waals surface area (Å²) in [5, 5.41) is 7.27. The van der Waals surface area contributed by atoms with Gasteiger partial charge in [0, 0.05) is 33.4 Å². The molecule has 0 aliphatic carbocycles. The zero-order chi connectivity index (χ0) is 38.4. The summed E-state index contributed by atoms with van der Waals surface area (Å²) in [6.07, 6.45) is 0. The van der Waals surface area contributed by atoms with Gasteiger partial charge >= 0.3 is 0 Å². The Balaban J connectivity index is 0.969. The Hall–Kier alpha value is -7.68. The molecule has 1 aromatic heterocycles. The molecule has 11 aromatic rings. The Kier molecular flexibility index (Phi) is 8.19. The summed E-state index contributed by atoms with van der Waals surface area (Å²) < 4.78 is 6.42. The van der Waals surface area contributed by atoms with E-state index in [1.165, 1.54) is 54.9 Å². The number of hydrogen-bond acceptors (Lipinski definition) is 2. The van der Waals surface area contributed by atoms with Crippen molar-refractivity contribution in [3.63, 3.8) is 0 Å². The summed E-state index contributed by atoms with van der Waals surface area (Å²) in [6.45, 7) is 0. The van der Waals surface area contributed by atoms with Crippen LogP contribution in [0.25, 0.3) is 88.0 Å². The predicted molar refractivity (Wildman–Crippen MR) is 245 cm³/mol. The number of fused-ring (bicyclic) bond motifs is 5. The lowest BCUT2D eigenvalue weighted by atomic mass is 9.96. The van der Waals surface area contributed by atoms with E-state index in [-0.39, 0.29) is 0 Å². The zero-order valence-corrected chi connectivity index (χ0v) is 31.7. The second kappa shape index (κ2) is 14.1. The van der Waals surface area contributed by atoms with Crippen molar-refractivity contribution >= 4 is 60.5 Å². The fourth-order valence-electron chi connectivity index (χ4n) is 8.53. The number of nitrogens with zero attached hydrogens (tertiary/aromatic N) is 1. The van der Waals surface area contributed by atoms with Gasteiger partial charge in [0.05, 0.1) is 0 Å². The first-order valence-corrected chi connectivity index (χ1v) is 19.8. The largest absolute Gasteiger partial charge is 0.455 e. The van der Waals surface area contributed by atoms with Gasteiger partial charge in [-0.2, -0.15) is 0 Å². The van der Waals surface area contributed by atoms with Crippen LogP contribution >= 0.6 is 0 Å². The molecule has 0 aliphatic rings. The molecule has 0 saturated carbocycles. The Morgan fingerprint density at radius 2 is 0.793 bits per heavy atom. The number of para-hydroxylation sites is 2. The smallest absolute Gasteiger partial charge is 0.143 e. The maximum atomic E-state index is 6.42. The highest BCUT2D eigenvalue weighted by molar-refractivity contribution is 6.09. The minimum Gasteiger partial charge on any atom is -0.455 e. The third kappa shape index (κ3) is 6.00. The van der Waals surface area contributed by atoms with Gasteiger partial charge in [-0.05, 0) is 109 Å². The fourth-order valence-corrected chi connectivity index (χ4v) is 8.53. The minimum atomic E-state index is 0.906. The number of furan rings is 1. The third-order valence-corrected chi connectivity index (χ3v) is 11.5. The highest BCUT2D eigenvalue weighted by Crippen LogP contribution is 2.41. The Labute approximate surface area is 337 Å². The molecule has 0 unspecified atom stereocenters. The molecule has 0 aliphatic heterocycles. The molecule has 1 heterocycles. The van der Waals surface area contributed by atoms with Gasteiger partial charge < -0.3 is 9.32 Å². The molecule has 272 valence electrons. The molecule has 0 spiro atoms. The first-order chi connectivity index (χ1) is 28.7. The van der Waals surface area contributed by atoms with E-state index in [1.54, 1.807) is 0 Å². The lowest BCUT2D eigenvalue weighted by molar-refractivity contribution is 0.670. The first kappa shape index (κ1) is 33.6. The molecule has 58 heavy (non-hydrogen) atoms. The van der Waals surface area contributed by atoms with E-state index >= 15 is 0 Å². The highest BCUT2D eigenvalue weighted by Gasteiger charge is 2.17. The van der Waals surface area contributed by atoms with E-state index in [1.807, 2.05) is 12.1 Å². The molecule has 0 bridgehead atoms. The quantitative estimate of drug-likeness (QED) is 0.162. The van der Waals surface area contributed by atoms with Crippen molar-refractivity contribution in [3.05, 3.63) is 224 Å². The lowest BCUT2D eigenvalue weighted by Gasteiger charge is -2.26. The van der Waals surface area contributed by atoms with Gasteiger partial charge in [-0.15, -0.1) is 0 Å². The average Bonchev–Trinajstić information content (AvgIpc) is 3.69. The molecule has 0 fully saturated rings. The van der Waals surface area contributed by atoms with Gasteiger partial charge in [0.15, 0.2) is 0 Å². The minimum absolute atomic E-state index is 0.906. The monoisotopic (exact) mass is 739 g/mol. The summed E-state index contributed by atoms with van der Waals surface area (Å²) in [7, 11) is 0. The van der Waals surface area contributed by atoms with E-state index in [0.717, 1.165) is 50.1 Å². The Bertz CT molecular complexity index is 3260. The van der Waals surface area contributed by atoms with Gasteiger partial charge in [-0.3, -0.25) is 0 Å². The van der Waals surface area contributed by atoms with E-state index in [2.05, 4.69) is 217 Å². The van der Waals surface area contributed by atoms with Crippen molar-refractivity contribution in [2.45, 2.75) is 0 Å². The molecule has 10 aromatic carbocycles. The van der Waals surface area contributed by atoms with Gasteiger partial charge in [-0.25, -0.2) is 0 Å². The van der Waals surface area contributed by atoms with E-state index in [9.17, 15) is 0 Å². The van der Waals surface area contributed by atoms with Crippen LogP contribution in [0.1, 0.15) is 0 Å². The van der Waals surface area contributed by atoms with Crippen LogP contribution in [0.5, 0.6) is 0 Å². The number of benzene rings is 10. The molecule has 2 nitrogen and oxygen atoms in total. The zero-order valence-electron chi connectivity index (χ0n) is 31.7. The van der Waals surface area contributed by atoms with Crippen LogP contribution in [0.3, 0.4) is 0 Å². The molecule has 0 atom stereocenters. The average molecular weight is 740 g/mol. The molecule has 0 radical (unpaired) electrons. The number of anilines is 3. The topological polar surface area (TPSA) is 16.4 Å². The summed E-state index contributed by atoms with van der Waals surface area (Å²) in [6, 6.07) is 80.7. The highest BCUT2D eigenvalue weighted by atomic mass is 16.3. The van der Waals surface area contributed by atoms with Gasteiger partial charge in [0.1, 0.15) is 11.2 Å². The van der Waals surface area contributed by atoms with Crippen LogP contribution in [0, 0.1) is 0 Å². The fraction of sp³-hybridized carbons (Fsp3) is 0. The van der Waals surface area contributed by atoms with E-state index in [0.29, 0.717) is 0 Å². The van der Waals surface area contributed by atoms with Crippen LogP contribution in [0.15, 0.2) is 229 Å². The van der Waals surface area contributed by atoms with Crippen molar-refractivity contribution < 1.29 is 4.42 Å². The van der Waals surface area contributed by atoms with Gasteiger partial charge in [0.25, 0.3) is 0 Å². The molecule has 0 saturated heterocycles. The molecular formula is C56H37NO. The van der Waals surface area contributed by atoms with Crippen LogP contribution in [0.2, 0.25) is 0 Å². The van der Waals surface area contributed by atoms with Crippen molar-refractivity contribution in [3.8, 4) is 44.5 Å². The van der Waals surface area contributed by atoms with E-state index < -0.39 is 0 Å². The maximum absolute atomic E-state index is 6.42. The van der Waals surface area contributed by atoms with Crippen LogP contribution in [-0.2, 0) is 0 Å². The number of rotatable bonds is 7. The molecule has 0 N–H and O–H groups in total. The standard InChI is InChI=1S/C56H37NO/c1-2-12-44-36-46(27-24-38(44)10-1)45-14-7-15-49(37-45)57(48-34-30-43(31-35-48)52-19-9-20-54-53-17-5-6-21-55(53)58-56(52)54)47-32-28-40(29-33-47)39-22-25-42(26-23-39)51-18-8-13-41-11-3-4-16-50(41)51/h1-37H. The maximum Gasteiger partial charge on any atom is 0.143 e. The summed E-state index contributed by atoms with van der Waals surface area (Å²) in [5.74, 6) is 0.